The fraction of sp³-hybridized carbons (Fsp3) is 0.438. The number of hydrogen-bond donors (Lipinski definition) is 2. The lowest BCUT2D eigenvalue weighted by molar-refractivity contribution is 0.201. The molecule has 0 aliphatic rings. The summed E-state index contributed by atoms with van der Waals surface area (Å²) >= 11 is 0. The number of hydrogen-bond acceptors (Lipinski definition) is 2. The molecule has 1 aromatic carbocycles. The number of unbranched alkanes of at least 4 members (excludes halogenated alkanes) is 1. The molecule has 110 valence electrons. The number of rotatable bonds is 7. The van der Waals surface area contributed by atoms with E-state index in [0.29, 0.717) is 13.1 Å². The fourth-order valence-corrected chi connectivity index (χ4v) is 1.98. The zero-order valence-corrected chi connectivity index (χ0v) is 12.6. The first-order valence-corrected chi connectivity index (χ1v) is 6.97. The Morgan fingerprint density at radius 3 is 2.60 bits per heavy atom. The van der Waals surface area contributed by atoms with Crippen LogP contribution in [0, 0.1) is 13.8 Å². The average molecular weight is 276 g/mol. The molecule has 4 nitrogen and oxygen atoms in total. The Morgan fingerprint density at radius 1 is 1.40 bits per heavy atom. The lowest BCUT2D eigenvalue weighted by atomic mass is 10.1. The quantitative estimate of drug-likeness (QED) is 0.734. The van der Waals surface area contributed by atoms with Crippen LogP contribution in [0.5, 0.6) is 0 Å². The Kier molecular flexibility index (Phi) is 6.10. The Balaban J connectivity index is 3.18. The van der Waals surface area contributed by atoms with E-state index in [9.17, 15) is 9.90 Å². The highest BCUT2D eigenvalue weighted by atomic mass is 16.4. The predicted molar refractivity (Wildman–Crippen MR) is 84.9 cm³/mol. The van der Waals surface area contributed by atoms with E-state index in [1.165, 1.54) is 4.90 Å². The molecule has 20 heavy (non-hydrogen) atoms. The summed E-state index contributed by atoms with van der Waals surface area (Å²) in [6.07, 6.45) is 2.66. The molecule has 0 saturated carbocycles. The van der Waals surface area contributed by atoms with Gasteiger partial charge in [0, 0.05) is 13.1 Å². The van der Waals surface area contributed by atoms with Gasteiger partial charge in [-0.15, -0.1) is 6.58 Å². The van der Waals surface area contributed by atoms with E-state index in [0.717, 1.165) is 35.3 Å². The Morgan fingerprint density at radius 2 is 2.05 bits per heavy atom. The van der Waals surface area contributed by atoms with Gasteiger partial charge in [-0.2, -0.15) is 0 Å². The Bertz CT molecular complexity index is 484. The largest absolute Gasteiger partial charge is 0.465 e. The maximum atomic E-state index is 11.5. The van der Waals surface area contributed by atoms with Crippen molar-refractivity contribution in [2.45, 2.75) is 33.6 Å². The van der Waals surface area contributed by atoms with Crippen molar-refractivity contribution >= 4 is 17.5 Å². The fourth-order valence-electron chi connectivity index (χ4n) is 1.98. The number of aryl methyl sites for hydroxylation is 2. The van der Waals surface area contributed by atoms with E-state index in [4.69, 9.17) is 0 Å². The van der Waals surface area contributed by atoms with Gasteiger partial charge in [-0.25, -0.2) is 4.79 Å². The summed E-state index contributed by atoms with van der Waals surface area (Å²) in [7, 11) is 0. The highest BCUT2D eigenvalue weighted by Gasteiger charge is 2.18. The molecule has 0 fully saturated rings. The molecule has 1 aromatic rings. The molecule has 0 spiro atoms. The summed E-state index contributed by atoms with van der Waals surface area (Å²) < 4.78 is 0. The Hall–Kier alpha value is -1.97. The van der Waals surface area contributed by atoms with Gasteiger partial charge in [-0.05, 0) is 43.5 Å². The smallest absolute Gasteiger partial charge is 0.411 e. The van der Waals surface area contributed by atoms with Crippen LogP contribution < -0.4 is 10.2 Å². The second-order valence-electron chi connectivity index (χ2n) is 4.91. The summed E-state index contributed by atoms with van der Waals surface area (Å²) in [6, 6.07) is 3.93. The topological polar surface area (TPSA) is 52.6 Å². The average Bonchev–Trinajstić information content (AvgIpc) is 2.40. The van der Waals surface area contributed by atoms with Crippen molar-refractivity contribution in [1.82, 2.24) is 0 Å². The van der Waals surface area contributed by atoms with Crippen LogP contribution in [0.25, 0.3) is 0 Å². The minimum atomic E-state index is -0.914. The standard InChI is InChI=1S/C16H24N2O2/c1-5-7-9-18(16(19)20)15-11-13(4)12(3)10-14(15)17-8-6-2/h6,10-11,17H,2,5,7-9H2,1,3-4H3,(H,19,20). The third-order valence-corrected chi connectivity index (χ3v) is 3.31. The summed E-state index contributed by atoms with van der Waals surface area (Å²) in [5.41, 5.74) is 3.79. The first-order chi connectivity index (χ1) is 9.51. The summed E-state index contributed by atoms with van der Waals surface area (Å²) in [5.74, 6) is 0. The number of amides is 1. The molecule has 0 saturated heterocycles. The van der Waals surface area contributed by atoms with E-state index in [2.05, 4.69) is 18.8 Å². The van der Waals surface area contributed by atoms with Crippen molar-refractivity contribution in [2.24, 2.45) is 0 Å². The van der Waals surface area contributed by atoms with Crippen LogP contribution in [0.1, 0.15) is 30.9 Å². The minimum absolute atomic E-state index is 0.511. The van der Waals surface area contributed by atoms with Crippen LogP contribution in [0.15, 0.2) is 24.8 Å². The van der Waals surface area contributed by atoms with Crippen molar-refractivity contribution < 1.29 is 9.90 Å². The van der Waals surface area contributed by atoms with Crippen LogP contribution >= 0.6 is 0 Å². The number of nitrogens with one attached hydrogen (secondary N) is 1. The first kappa shape index (κ1) is 16.1. The molecule has 0 radical (unpaired) electrons. The van der Waals surface area contributed by atoms with Gasteiger partial charge in [-0.3, -0.25) is 4.90 Å². The summed E-state index contributed by atoms with van der Waals surface area (Å²) in [5, 5.41) is 12.7. The van der Waals surface area contributed by atoms with Crippen LogP contribution in [-0.4, -0.2) is 24.3 Å². The van der Waals surface area contributed by atoms with Gasteiger partial charge in [0.05, 0.1) is 11.4 Å². The van der Waals surface area contributed by atoms with Crippen molar-refractivity contribution in [2.75, 3.05) is 23.3 Å². The second-order valence-corrected chi connectivity index (χ2v) is 4.91. The zero-order valence-electron chi connectivity index (χ0n) is 12.6. The van der Waals surface area contributed by atoms with Crippen molar-refractivity contribution in [3.05, 3.63) is 35.9 Å². The molecule has 0 unspecified atom stereocenters. The molecular formula is C16H24N2O2. The monoisotopic (exact) mass is 276 g/mol. The molecular weight excluding hydrogens is 252 g/mol. The van der Waals surface area contributed by atoms with Gasteiger partial charge >= 0.3 is 6.09 Å². The first-order valence-electron chi connectivity index (χ1n) is 6.97. The third kappa shape index (κ3) is 4.02. The van der Waals surface area contributed by atoms with E-state index < -0.39 is 6.09 Å². The zero-order chi connectivity index (χ0) is 15.1. The number of anilines is 2. The van der Waals surface area contributed by atoms with Crippen LogP contribution in [0.4, 0.5) is 16.2 Å². The Labute approximate surface area is 121 Å². The van der Waals surface area contributed by atoms with E-state index in [1.807, 2.05) is 26.0 Å². The molecule has 0 aliphatic heterocycles. The molecule has 4 heteroatoms. The minimum Gasteiger partial charge on any atom is -0.465 e. The van der Waals surface area contributed by atoms with E-state index >= 15 is 0 Å². The van der Waals surface area contributed by atoms with Crippen molar-refractivity contribution in [1.29, 1.82) is 0 Å². The van der Waals surface area contributed by atoms with Gasteiger partial charge in [0.1, 0.15) is 0 Å². The second kappa shape index (κ2) is 7.58. The van der Waals surface area contributed by atoms with Gasteiger partial charge in [0.15, 0.2) is 0 Å². The number of nitrogens with zero attached hydrogens (tertiary/aromatic N) is 1. The van der Waals surface area contributed by atoms with Gasteiger partial charge < -0.3 is 10.4 Å². The number of carboxylic acid groups (broad SMARTS) is 1. The molecule has 1 rings (SSSR count). The number of carbonyl (C=O) groups is 1. The van der Waals surface area contributed by atoms with Crippen LogP contribution in [0.3, 0.4) is 0 Å². The molecule has 0 aliphatic carbocycles. The molecule has 2 N–H and O–H groups in total. The van der Waals surface area contributed by atoms with Crippen LogP contribution in [-0.2, 0) is 0 Å². The summed E-state index contributed by atoms with van der Waals surface area (Å²) in [6.45, 7) is 10.9. The number of benzene rings is 1. The summed E-state index contributed by atoms with van der Waals surface area (Å²) in [4.78, 5) is 12.9. The lowest BCUT2D eigenvalue weighted by Crippen LogP contribution is -2.31. The highest BCUT2D eigenvalue weighted by Crippen LogP contribution is 2.30. The molecule has 1 amide bonds. The van der Waals surface area contributed by atoms with Crippen LogP contribution in [0.2, 0.25) is 0 Å². The molecule has 0 aromatic heterocycles. The molecule has 0 atom stereocenters. The van der Waals surface area contributed by atoms with E-state index in [1.54, 1.807) is 6.08 Å². The van der Waals surface area contributed by atoms with Gasteiger partial charge in [0.25, 0.3) is 0 Å². The van der Waals surface area contributed by atoms with Crippen molar-refractivity contribution in [3.8, 4) is 0 Å². The SMILES string of the molecule is C=CCNc1cc(C)c(C)cc1N(CCCC)C(=O)O. The van der Waals surface area contributed by atoms with Gasteiger partial charge in [-0.1, -0.05) is 19.4 Å². The normalized spacial score (nSPS) is 10.2. The highest BCUT2D eigenvalue weighted by molar-refractivity contribution is 5.91. The third-order valence-electron chi connectivity index (χ3n) is 3.31. The molecule has 0 bridgehead atoms. The predicted octanol–water partition coefficient (Wildman–Crippen LogP) is 4.19. The van der Waals surface area contributed by atoms with E-state index in [-0.39, 0.29) is 0 Å². The maximum absolute atomic E-state index is 11.5. The maximum Gasteiger partial charge on any atom is 0.411 e. The van der Waals surface area contributed by atoms with Crippen molar-refractivity contribution in [3.63, 3.8) is 0 Å². The van der Waals surface area contributed by atoms with Gasteiger partial charge in [0.2, 0.25) is 0 Å². The molecule has 0 heterocycles. The lowest BCUT2D eigenvalue weighted by Gasteiger charge is -2.24.